The summed E-state index contributed by atoms with van der Waals surface area (Å²) in [6.07, 6.45) is -1.03. The molecule has 2 aliphatic rings. The predicted octanol–water partition coefficient (Wildman–Crippen LogP) is 0.117. The van der Waals surface area contributed by atoms with E-state index in [1.165, 1.54) is 6.33 Å². The predicted molar refractivity (Wildman–Crippen MR) is 97.4 cm³/mol. The van der Waals surface area contributed by atoms with Crippen LogP contribution in [0.2, 0.25) is 0 Å². The summed E-state index contributed by atoms with van der Waals surface area (Å²) in [7, 11) is 0. The van der Waals surface area contributed by atoms with E-state index in [2.05, 4.69) is 15.0 Å². The van der Waals surface area contributed by atoms with Crippen LogP contribution >= 0.6 is 0 Å². The van der Waals surface area contributed by atoms with Crippen molar-refractivity contribution in [1.82, 2.24) is 19.5 Å². The number of ether oxygens (including phenoxy) is 3. The lowest BCUT2D eigenvalue weighted by Gasteiger charge is -2.45. The summed E-state index contributed by atoms with van der Waals surface area (Å²) < 4.78 is 19.3. The number of anilines is 1. The Morgan fingerprint density at radius 1 is 1.21 bits per heavy atom. The van der Waals surface area contributed by atoms with Crippen LogP contribution in [0.1, 0.15) is 17.9 Å². The van der Waals surface area contributed by atoms with Gasteiger partial charge in [-0.3, -0.25) is 9.78 Å². The van der Waals surface area contributed by atoms with Crippen molar-refractivity contribution in [2.24, 2.45) is 0 Å². The first-order valence-electron chi connectivity index (χ1n) is 8.96. The second kappa shape index (κ2) is 6.67. The van der Waals surface area contributed by atoms with Crippen molar-refractivity contribution in [2.75, 3.05) is 18.9 Å². The van der Waals surface area contributed by atoms with Crippen LogP contribution in [0.25, 0.3) is 11.2 Å². The molecule has 146 valence electrons. The molecule has 0 spiro atoms. The molecule has 2 aromatic heterocycles. The van der Waals surface area contributed by atoms with Gasteiger partial charge in [0, 0.05) is 5.56 Å². The topological polar surface area (TPSA) is 138 Å². The third-order valence-corrected chi connectivity index (χ3v) is 5.15. The minimum Gasteiger partial charge on any atom is -0.388 e. The molecule has 10 heteroatoms. The highest BCUT2D eigenvalue weighted by Gasteiger charge is 2.46. The summed E-state index contributed by atoms with van der Waals surface area (Å²) in [5.74, 6) is -0.0187. The lowest BCUT2D eigenvalue weighted by Crippen LogP contribution is -2.56. The van der Waals surface area contributed by atoms with Gasteiger partial charge in [0.1, 0.15) is 18.3 Å². The summed E-state index contributed by atoms with van der Waals surface area (Å²) >= 11 is 0. The number of imidazole rings is 1. The molecular formula is C18H19N5O5. The molecule has 28 heavy (non-hydrogen) atoms. The lowest BCUT2D eigenvalue weighted by molar-refractivity contribution is -0.306. The fraction of sp³-hybridized carbons (Fsp3) is 0.389. The Bertz CT molecular complexity index is 1050. The van der Waals surface area contributed by atoms with E-state index in [-0.39, 0.29) is 24.2 Å². The number of nitrogens with zero attached hydrogens (tertiary/aromatic N) is 3. The zero-order chi connectivity index (χ0) is 19.3. The van der Waals surface area contributed by atoms with Crippen molar-refractivity contribution in [2.45, 2.75) is 30.6 Å². The third kappa shape index (κ3) is 2.78. The van der Waals surface area contributed by atoms with Gasteiger partial charge >= 0.3 is 0 Å². The number of aliphatic hydroxyl groups is 1. The van der Waals surface area contributed by atoms with Crippen molar-refractivity contribution >= 4 is 17.1 Å². The SMILES string of the molecule is Nc1nc2c(ncn2C2COC3COC(c4ccccc4)O[C@H]3C2O)c(=O)[nH]1. The van der Waals surface area contributed by atoms with E-state index in [9.17, 15) is 9.90 Å². The zero-order valence-corrected chi connectivity index (χ0v) is 14.8. The Morgan fingerprint density at radius 2 is 2.04 bits per heavy atom. The maximum Gasteiger partial charge on any atom is 0.280 e. The molecule has 5 atom stereocenters. The number of benzene rings is 1. The number of aromatic amines is 1. The maximum atomic E-state index is 12.0. The van der Waals surface area contributed by atoms with E-state index >= 15 is 0 Å². The minimum atomic E-state index is -0.909. The van der Waals surface area contributed by atoms with Gasteiger partial charge in [0.2, 0.25) is 5.95 Å². The first kappa shape index (κ1) is 17.3. The number of nitrogens with one attached hydrogen (secondary N) is 1. The van der Waals surface area contributed by atoms with Gasteiger partial charge in [-0.15, -0.1) is 0 Å². The highest BCUT2D eigenvalue weighted by atomic mass is 16.7. The summed E-state index contributed by atoms with van der Waals surface area (Å²) in [4.78, 5) is 22.7. The molecular weight excluding hydrogens is 366 g/mol. The van der Waals surface area contributed by atoms with Crippen LogP contribution < -0.4 is 11.3 Å². The Balaban J connectivity index is 1.45. The molecule has 2 fully saturated rings. The van der Waals surface area contributed by atoms with E-state index in [0.717, 1.165) is 5.56 Å². The Labute approximate surface area is 158 Å². The van der Waals surface area contributed by atoms with Gasteiger partial charge in [0.25, 0.3) is 5.56 Å². The first-order valence-corrected chi connectivity index (χ1v) is 8.96. The monoisotopic (exact) mass is 385 g/mol. The Morgan fingerprint density at radius 3 is 2.86 bits per heavy atom. The highest BCUT2D eigenvalue weighted by molar-refractivity contribution is 5.70. The maximum absolute atomic E-state index is 12.0. The standard InChI is InChI=1S/C18H19N5O5/c19-18-21-15-12(16(25)22-18)20-8-23(15)10-6-26-11-7-27-17(28-14(11)13(10)24)9-4-2-1-3-5-9/h1-5,8,10-11,13-14,17,24H,6-7H2,(H3,19,21,22,25)/t10?,11?,13?,14-,17?/m1/s1. The van der Waals surface area contributed by atoms with Crippen molar-refractivity contribution in [1.29, 1.82) is 0 Å². The molecule has 5 rings (SSSR count). The molecule has 4 heterocycles. The van der Waals surface area contributed by atoms with Crippen LogP contribution in [0.4, 0.5) is 5.95 Å². The van der Waals surface area contributed by atoms with Gasteiger partial charge in [-0.05, 0) is 0 Å². The normalized spacial score (nSPS) is 30.2. The van der Waals surface area contributed by atoms with Crippen molar-refractivity contribution < 1.29 is 19.3 Å². The van der Waals surface area contributed by atoms with Crippen LogP contribution in [0.15, 0.2) is 41.5 Å². The van der Waals surface area contributed by atoms with Crippen molar-refractivity contribution in [3.8, 4) is 0 Å². The van der Waals surface area contributed by atoms with Crippen LogP contribution in [-0.2, 0) is 14.2 Å². The smallest absolute Gasteiger partial charge is 0.280 e. The van der Waals surface area contributed by atoms with Crippen molar-refractivity contribution in [3.63, 3.8) is 0 Å². The zero-order valence-electron chi connectivity index (χ0n) is 14.8. The summed E-state index contributed by atoms with van der Waals surface area (Å²) in [5, 5.41) is 11.0. The lowest BCUT2D eigenvalue weighted by atomic mass is 9.97. The summed E-state index contributed by atoms with van der Waals surface area (Å²) in [5.41, 5.74) is 6.54. The summed E-state index contributed by atoms with van der Waals surface area (Å²) in [6, 6.07) is 8.98. The minimum absolute atomic E-state index is 0.0187. The number of hydrogen-bond acceptors (Lipinski definition) is 8. The average molecular weight is 385 g/mol. The molecule has 0 radical (unpaired) electrons. The molecule has 0 amide bonds. The quantitative estimate of drug-likeness (QED) is 0.565. The molecule has 4 N–H and O–H groups in total. The van der Waals surface area contributed by atoms with Gasteiger partial charge in [0.15, 0.2) is 17.5 Å². The molecule has 4 unspecified atom stereocenters. The molecule has 0 aliphatic carbocycles. The fourth-order valence-electron chi connectivity index (χ4n) is 3.75. The number of fused-ring (bicyclic) bond motifs is 2. The number of rotatable bonds is 2. The highest BCUT2D eigenvalue weighted by Crippen LogP contribution is 2.35. The molecule has 2 saturated heterocycles. The van der Waals surface area contributed by atoms with Crippen LogP contribution in [0.3, 0.4) is 0 Å². The van der Waals surface area contributed by atoms with Gasteiger partial charge in [-0.2, -0.15) is 4.98 Å². The largest absolute Gasteiger partial charge is 0.388 e. The van der Waals surface area contributed by atoms with Gasteiger partial charge in [0.05, 0.1) is 25.6 Å². The molecule has 0 saturated carbocycles. The van der Waals surface area contributed by atoms with E-state index in [4.69, 9.17) is 19.9 Å². The molecule has 2 aliphatic heterocycles. The van der Waals surface area contributed by atoms with Crippen LogP contribution in [0, 0.1) is 0 Å². The van der Waals surface area contributed by atoms with E-state index in [1.54, 1.807) is 4.57 Å². The average Bonchev–Trinajstić information content (AvgIpc) is 3.13. The number of H-pyrrole nitrogens is 1. The van der Waals surface area contributed by atoms with Crippen molar-refractivity contribution in [3.05, 3.63) is 52.6 Å². The third-order valence-electron chi connectivity index (χ3n) is 5.15. The number of hydrogen-bond donors (Lipinski definition) is 3. The first-order chi connectivity index (χ1) is 13.6. The molecule has 1 aromatic carbocycles. The van der Waals surface area contributed by atoms with Gasteiger partial charge < -0.3 is 29.6 Å². The summed E-state index contributed by atoms with van der Waals surface area (Å²) in [6.45, 7) is 0.508. The van der Waals surface area contributed by atoms with E-state index < -0.39 is 30.1 Å². The Hall–Kier alpha value is -2.79. The fourth-order valence-corrected chi connectivity index (χ4v) is 3.75. The number of aliphatic hydroxyl groups excluding tert-OH is 1. The molecule has 0 bridgehead atoms. The van der Waals surface area contributed by atoms with Crippen LogP contribution in [-0.4, -0.2) is 56.2 Å². The number of nitrogens with two attached hydrogens (primary N) is 1. The van der Waals surface area contributed by atoms with Crippen LogP contribution in [0.5, 0.6) is 0 Å². The molecule has 10 nitrogen and oxygen atoms in total. The van der Waals surface area contributed by atoms with E-state index in [1.807, 2.05) is 30.3 Å². The number of nitrogen functional groups attached to an aromatic ring is 1. The second-order valence-electron chi connectivity index (χ2n) is 6.88. The van der Waals surface area contributed by atoms with E-state index in [0.29, 0.717) is 12.3 Å². The Kier molecular flexibility index (Phi) is 4.13. The second-order valence-corrected chi connectivity index (χ2v) is 6.88. The molecule has 3 aromatic rings. The number of aromatic nitrogens is 4. The van der Waals surface area contributed by atoms with Gasteiger partial charge in [-0.25, -0.2) is 4.98 Å². The van der Waals surface area contributed by atoms with Gasteiger partial charge in [-0.1, -0.05) is 30.3 Å².